The van der Waals surface area contributed by atoms with Crippen molar-refractivity contribution in [3.8, 4) is 0 Å². The van der Waals surface area contributed by atoms with E-state index in [0.29, 0.717) is 23.9 Å². The Bertz CT molecular complexity index is 452. The van der Waals surface area contributed by atoms with E-state index >= 15 is 0 Å². The van der Waals surface area contributed by atoms with Gasteiger partial charge in [-0.3, -0.25) is 5.43 Å². The molecular weight excluding hydrogens is 286 g/mol. The maximum absolute atomic E-state index is 5.47. The van der Waals surface area contributed by atoms with Crippen LogP contribution in [0, 0.1) is 0 Å². The predicted octanol–water partition coefficient (Wildman–Crippen LogP) is 1.70. The van der Waals surface area contributed by atoms with E-state index in [2.05, 4.69) is 50.7 Å². The van der Waals surface area contributed by atoms with Crippen LogP contribution in [-0.2, 0) is 0 Å². The summed E-state index contributed by atoms with van der Waals surface area (Å²) in [6.45, 7) is 5.86. The minimum Gasteiger partial charge on any atom is -0.351 e. The Labute approximate surface area is 130 Å². The van der Waals surface area contributed by atoms with Crippen molar-refractivity contribution in [2.75, 3.05) is 35.0 Å². The fourth-order valence-corrected chi connectivity index (χ4v) is 3.41. The second-order valence-corrected chi connectivity index (χ2v) is 6.25. The van der Waals surface area contributed by atoms with Crippen molar-refractivity contribution in [3.05, 3.63) is 0 Å². The van der Waals surface area contributed by atoms with Gasteiger partial charge in [0.1, 0.15) is 0 Å². The Morgan fingerprint density at radius 1 is 1.19 bits per heavy atom. The smallest absolute Gasteiger partial charge is 0.243 e. The quantitative estimate of drug-likeness (QED) is 0.517. The zero-order valence-electron chi connectivity index (χ0n) is 13.0. The van der Waals surface area contributed by atoms with Gasteiger partial charge in [0, 0.05) is 24.4 Å². The summed E-state index contributed by atoms with van der Waals surface area (Å²) in [6.07, 6.45) is 5.72. The first-order valence-electron chi connectivity index (χ1n) is 7.47. The lowest BCUT2D eigenvalue weighted by atomic mass is 10.2. The molecule has 0 spiro atoms. The molecule has 0 aliphatic heterocycles. The van der Waals surface area contributed by atoms with Gasteiger partial charge in [-0.15, -0.1) is 0 Å². The molecule has 0 amide bonds. The highest BCUT2D eigenvalue weighted by molar-refractivity contribution is 7.99. The lowest BCUT2D eigenvalue weighted by molar-refractivity contribution is 0.739. The summed E-state index contributed by atoms with van der Waals surface area (Å²) >= 11 is 1.94. The van der Waals surface area contributed by atoms with Gasteiger partial charge in [0.15, 0.2) is 0 Å². The van der Waals surface area contributed by atoms with Gasteiger partial charge in [0.25, 0.3) is 0 Å². The Kier molecular flexibility index (Phi) is 5.86. The van der Waals surface area contributed by atoms with Crippen LogP contribution >= 0.6 is 11.8 Å². The molecule has 1 aromatic heterocycles. The molecule has 21 heavy (non-hydrogen) atoms. The number of aromatic nitrogens is 3. The molecule has 7 nitrogen and oxygen atoms in total. The summed E-state index contributed by atoms with van der Waals surface area (Å²) < 4.78 is 0. The highest BCUT2D eigenvalue weighted by atomic mass is 32.2. The van der Waals surface area contributed by atoms with E-state index in [1.165, 1.54) is 6.42 Å². The van der Waals surface area contributed by atoms with Gasteiger partial charge in [-0.2, -0.15) is 26.7 Å². The number of thioether (sulfide) groups is 1. The standard InChI is InChI=1S/C13H25N7S/c1-4-20(5-2)13-17-11(16-12(18-13)19-14)15-9-6-7-10(8-9)21-3/h9-10H,4-8,14H2,1-3H3,(H2,15,16,17,18,19). The molecule has 0 saturated heterocycles. The van der Waals surface area contributed by atoms with Crippen LogP contribution < -0.4 is 21.5 Å². The third kappa shape index (κ3) is 4.10. The average molecular weight is 311 g/mol. The second-order valence-electron chi connectivity index (χ2n) is 5.11. The Morgan fingerprint density at radius 3 is 2.48 bits per heavy atom. The monoisotopic (exact) mass is 311 g/mol. The van der Waals surface area contributed by atoms with Crippen molar-refractivity contribution < 1.29 is 0 Å². The molecule has 1 saturated carbocycles. The summed E-state index contributed by atoms with van der Waals surface area (Å²) in [6, 6.07) is 0.431. The number of nitrogens with two attached hydrogens (primary N) is 1. The molecular formula is C13H25N7S. The molecule has 8 heteroatoms. The summed E-state index contributed by atoms with van der Waals surface area (Å²) in [4.78, 5) is 15.2. The van der Waals surface area contributed by atoms with Crippen LogP contribution in [0.15, 0.2) is 0 Å². The lowest BCUT2D eigenvalue weighted by Gasteiger charge is -2.20. The van der Waals surface area contributed by atoms with Crippen LogP contribution in [0.5, 0.6) is 0 Å². The van der Waals surface area contributed by atoms with Crippen molar-refractivity contribution in [3.63, 3.8) is 0 Å². The van der Waals surface area contributed by atoms with E-state index in [4.69, 9.17) is 5.84 Å². The van der Waals surface area contributed by atoms with Crippen LogP contribution in [0.4, 0.5) is 17.8 Å². The molecule has 0 aromatic carbocycles. The molecule has 2 atom stereocenters. The largest absolute Gasteiger partial charge is 0.351 e. The first kappa shape index (κ1) is 16.1. The van der Waals surface area contributed by atoms with Crippen LogP contribution in [-0.4, -0.2) is 45.6 Å². The average Bonchev–Trinajstić information content (AvgIpc) is 2.96. The molecule has 0 radical (unpaired) electrons. The minimum atomic E-state index is 0.397. The van der Waals surface area contributed by atoms with Gasteiger partial charge in [-0.05, 0) is 39.4 Å². The van der Waals surface area contributed by atoms with E-state index in [9.17, 15) is 0 Å². The fraction of sp³-hybridized carbons (Fsp3) is 0.769. The summed E-state index contributed by atoms with van der Waals surface area (Å²) in [5, 5.41) is 4.16. The maximum atomic E-state index is 5.47. The van der Waals surface area contributed by atoms with Crippen molar-refractivity contribution in [2.45, 2.75) is 44.4 Å². The minimum absolute atomic E-state index is 0.397. The third-order valence-electron chi connectivity index (χ3n) is 3.85. The van der Waals surface area contributed by atoms with Gasteiger partial charge in [0.05, 0.1) is 0 Å². The highest BCUT2D eigenvalue weighted by Gasteiger charge is 2.24. The van der Waals surface area contributed by atoms with E-state index in [1.807, 2.05) is 11.8 Å². The molecule has 1 aromatic rings. The number of nitrogens with one attached hydrogen (secondary N) is 2. The molecule has 118 valence electrons. The van der Waals surface area contributed by atoms with Crippen LogP contribution in [0.2, 0.25) is 0 Å². The van der Waals surface area contributed by atoms with Crippen LogP contribution in [0.1, 0.15) is 33.1 Å². The van der Waals surface area contributed by atoms with Gasteiger partial charge < -0.3 is 10.2 Å². The van der Waals surface area contributed by atoms with Crippen LogP contribution in [0.25, 0.3) is 0 Å². The fourth-order valence-electron chi connectivity index (χ4n) is 2.61. The normalized spacial score (nSPS) is 21.3. The summed E-state index contributed by atoms with van der Waals surface area (Å²) in [5.41, 5.74) is 2.52. The third-order valence-corrected chi connectivity index (χ3v) is 4.94. The summed E-state index contributed by atoms with van der Waals surface area (Å²) in [5.74, 6) is 7.13. The van der Waals surface area contributed by atoms with E-state index < -0.39 is 0 Å². The molecule has 4 N–H and O–H groups in total. The van der Waals surface area contributed by atoms with Crippen molar-refractivity contribution in [1.82, 2.24) is 15.0 Å². The van der Waals surface area contributed by atoms with Crippen molar-refractivity contribution in [1.29, 1.82) is 0 Å². The highest BCUT2D eigenvalue weighted by Crippen LogP contribution is 2.29. The molecule has 2 rings (SSSR count). The lowest BCUT2D eigenvalue weighted by Crippen LogP contribution is -2.27. The zero-order chi connectivity index (χ0) is 15.2. The van der Waals surface area contributed by atoms with Gasteiger partial charge in [-0.1, -0.05) is 0 Å². The van der Waals surface area contributed by atoms with Gasteiger partial charge >= 0.3 is 0 Å². The first-order chi connectivity index (χ1) is 10.2. The predicted molar refractivity (Wildman–Crippen MR) is 89.8 cm³/mol. The zero-order valence-corrected chi connectivity index (χ0v) is 13.8. The van der Waals surface area contributed by atoms with Crippen LogP contribution in [0.3, 0.4) is 0 Å². The van der Waals surface area contributed by atoms with Crippen molar-refractivity contribution >= 4 is 29.6 Å². The number of hydrazine groups is 1. The van der Waals surface area contributed by atoms with Crippen molar-refractivity contribution in [2.24, 2.45) is 5.84 Å². The Morgan fingerprint density at radius 2 is 1.90 bits per heavy atom. The number of nitrogen functional groups attached to an aromatic ring is 1. The number of hydrogen-bond donors (Lipinski definition) is 3. The van der Waals surface area contributed by atoms with E-state index in [0.717, 1.165) is 31.2 Å². The second kappa shape index (κ2) is 7.65. The number of anilines is 3. The number of nitrogens with zero attached hydrogens (tertiary/aromatic N) is 4. The molecule has 1 aliphatic carbocycles. The van der Waals surface area contributed by atoms with Gasteiger partial charge in [0.2, 0.25) is 17.8 Å². The summed E-state index contributed by atoms with van der Waals surface area (Å²) in [7, 11) is 0. The SMILES string of the molecule is CCN(CC)c1nc(NN)nc(NC2CCC(SC)C2)n1. The topological polar surface area (TPSA) is 92.0 Å². The molecule has 1 aliphatic rings. The molecule has 1 fully saturated rings. The Hall–Kier alpha value is -1.28. The maximum Gasteiger partial charge on any atom is 0.243 e. The number of rotatable bonds is 7. The Balaban J connectivity index is 2.13. The van der Waals surface area contributed by atoms with E-state index in [-0.39, 0.29) is 0 Å². The van der Waals surface area contributed by atoms with E-state index in [1.54, 1.807) is 0 Å². The first-order valence-corrected chi connectivity index (χ1v) is 8.75. The van der Waals surface area contributed by atoms with Gasteiger partial charge in [-0.25, -0.2) is 5.84 Å². The molecule has 2 unspecified atom stereocenters. The molecule has 1 heterocycles. The number of hydrogen-bond acceptors (Lipinski definition) is 8. The molecule has 0 bridgehead atoms.